The first kappa shape index (κ1) is 16.3. The zero-order chi connectivity index (χ0) is 14.6. The Hall–Kier alpha value is -0.730. The Kier molecular flexibility index (Phi) is 6.15. The van der Waals surface area contributed by atoms with E-state index in [0.29, 0.717) is 22.6 Å². The molecule has 1 aromatic rings. The first-order chi connectivity index (χ1) is 8.81. The van der Waals surface area contributed by atoms with Crippen molar-refractivity contribution in [3.05, 3.63) is 28.8 Å². The molecule has 0 saturated carbocycles. The second-order valence-electron chi connectivity index (χ2n) is 6.12. The summed E-state index contributed by atoms with van der Waals surface area (Å²) < 4.78 is 0. The normalized spacial score (nSPS) is 13.5. The number of phenolic OH excluding ortho intramolecular Hbond substituents is 1. The zero-order valence-electron chi connectivity index (χ0n) is 12.7. The van der Waals surface area contributed by atoms with Crippen LogP contribution in [0.4, 0.5) is 0 Å². The largest absolute Gasteiger partial charge is 0.508 e. The second-order valence-corrected chi connectivity index (χ2v) is 6.56. The molecule has 1 unspecified atom stereocenters. The van der Waals surface area contributed by atoms with E-state index in [9.17, 15) is 5.11 Å². The summed E-state index contributed by atoms with van der Waals surface area (Å²) in [5, 5.41) is 10.7. The van der Waals surface area contributed by atoms with Gasteiger partial charge in [-0.3, -0.25) is 4.90 Å². The van der Waals surface area contributed by atoms with Gasteiger partial charge in [-0.05, 0) is 37.0 Å². The molecule has 0 spiro atoms. The topological polar surface area (TPSA) is 23.5 Å². The fourth-order valence-electron chi connectivity index (χ4n) is 2.39. The highest BCUT2D eigenvalue weighted by Crippen LogP contribution is 2.31. The van der Waals surface area contributed by atoms with Crippen LogP contribution >= 0.6 is 11.6 Å². The number of benzene rings is 1. The molecular formula is C16H26ClNO. The number of nitrogens with zero attached hydrogens (tertiary/aromatic N) is 1. The maximum atomic E-state index is 10.0. The molecule has 0 heterocycles. The molecule has 19 heavy (non-hydrogen) atoms. The van der Waals surface area contributed by atoms with Crippen molar-refractivity contribution in [3.63, 3.8) is 0 Å². The van der Waals surface area contributed by atoms with Crippen molar-refractivity contribution in [1.82, 2.24) is 4.90 Å². The molecule has 0 aliphatic heterocycles. The van der Waals surface area contributed by atoms with Gasteiger partial charge in [0, 0.05) is 29.7 Å². The molecule has 3 heteroatoms. The van der Waals surface area contributed by atoms with Crippen molar-refractivity contribution in [1.29, 1.82) is 0 Å². The predicted molar refractivity (Wildman–Crippen MR) is 82.8 cm³/mol. The van der Waals surface area contributed by atoms with Crippen LogP contribution in [0.5, 0.6) is 5.75 Å². The number of halogens is 1. The van der Waals surface area contributed by atoms with Crippen molar-refractivity contribution >= 4 is 11.6 Å². The van der Waals surface area contributed by atoms with Gasteiger partial charge in [-0.2, -0.15) is 0 Å². The van der Waals surface area contributed by atoms with Crippen LogP contribution < -0.4 is 0 Å². The summed E-state index contributed by atoms with van der Waals surface area (Å²) in [6.07, 6.45) is 0. The monoisotopic (exact) mass is 283 g/mol. The van der Waals surface area contributed by atoms with Crippen molar-refractivity contribution in [2.75, 3.05) is 13.1 Å². The molecule has 0 aliphatic rings. The molecule has 0 aliphatic carbocycles. The predicted octanol–water partition coefficient (Wildman–Crippen LogP) is 4.72. The van der Waals surface area contributed by atoms with Gasteiger partial charge in [0.15, 0.2) is 0 Å². The van der Waals surface area contributed by atoms with Gasteiger partial charge < -0.3 is 5.11 Å². The van der Waals surface area contributed by atoms with Crippen LogP contribution in [0, 0.1) is 11.8 Å². The Morgan fingerprint density at radius 1 is 1.05 bits per heavy atom. The van der Waals surface area contributed by atoms with Gasteiger partial charge >= 0.3 is 0 Å². The molecular weight excluding hydrogens is 258 g/mol. The fraction of sp³-hybridized carbons (Fsp3) is 0.625. The lowest BCUT2D eigenvalue weighted by Gasteiger charge is -2.32. The van der Waals surface area contributed by atoms with E-state index >= 15 is 0 Å². The van der Waals surface area contributed by atoms with Gasteiger partial charge in [0.1, 0.15) is 5.75 Å². The minimum atomic E-state index is 0.170. The number of hydrogen-bond acceptors (Lipinski definition) is 2. The molecule has 1 N–H and O–H groups in total. The van der Waals surface area contributed by atoms with E-state index < -0.39 is 0 Å². The molecule has 1 rings (SSSR count). The fourth-order valence-corrected chi connectivity index (χ4v) is 2.57. The highest BCUT2D eigenvalue weighted by molar-refractivity contribution is 6.30. The number of hydrogen-bond donors (Lipinski definition) is 1. The Balaban J connectivity index is 2.96. The Morgan fingerprint density at radius 3 is 2.05 bits per heavy atom. The van der Waals surface area contributed by atoms with E-state index in [2.05, 4.69) is 39.5 Å². The van der Waals surface area contributed by atoms with Gasteiger partial charge in [-0.15, -0.1) is 0 Å². The highest BCUT2D eigenvalue weighted by Gasteiger charge is 2.20. The molecule has 0 fully saturated rings. The summed E-state index contributed by atoms with van der Waals surface area (Å²) in [6, 6.07) is 5.44. The van der Waals surface area contributed by atoms with Gasteiger partial charge in [0.05, 0.1) is 0 Å². The van der Waals surface area contributed by atoms with E-state index in [4.69, 9.17) is 11.6 Å². The molecule has 1 atom stereocenters. The summed E-state index contributed by atoms with van der Waals surface area (Å²) >= 11 is 6.05. The third-order valence-corrected chi connectivity index (χ3v) is 3.42. The number of rotatable bonds is 6. The van der Waals surface area contributed by atoms with Crippen LogP contribution in [0.3, 0.4) is 0 Å². The number of phenols is 1. The van der Waals surface area contributed by atoms with Crippen molar-refractivity contribution < 1.29 is 5.11 Å². The maximum absolute atomic E-state index is 10.0. The lowest BCUT2D eigenvalue weighted by atomic mass is 10.0. The molecule has 2 nitrogen and oxygen atoms in total. The smallest absolute Gasteiger partial charge is 0.120 e. The first-order valence-corrected chi connectivity index (χ1v) is 7.41. The van der Waals surface area contributed by atoms with Gasteiger partial charge in [0.25, 0.3) is 0 Å². The van der Waals surface area contributed by atoms with Gasteiger partial charge in [-0.1, -0.05) is 39.3 Å². The summed E-state index contributed by atoms with van der Waals surface area (Å²) in [7, 11) is 0. The summed E-state index contributed by atoms with van der Waals surface area (Å²) in [5.41, 5.74) is 0.911. The molecule has 1 aromatic carbocycles. The standard InChI is InChI=1S/C16H26ClNO/c1-11(2)9-18(10-12(3)4)13(5)15-8-14(17)6-7-16(15)19/h6-8,11-13,19H,9-10H2,1-5H3. The van der Waals surface area contributed by atoms with Crippen LogP contribution in [0.25, 0.3) is 0 Å². The quantitative estimate of drug-likeness (QED) is 0.816. The lowest BCUT2D eigenvalue weighted by Crippen LogP contribution is -2.33. The van der Waals surface area contributed by atoms with Crippen LogP contribution in [0.15, 0.2) is 18.2 Å². The van der Waals surface area contributed by atoms with Crippen molar-refractivity contribution in [2.45, 2.75) is 40.7 Å². The average molecular weight is 284 g/mol. The third kappa shape index (κ3) is 5.04. The summed E-state index contributed by atoms with van der Waals surface area (Å²) in [5.74, 6) is 1.53. The average Bonchev–Trinajstić information content (AvgIpc) is 2.29. The minimum Gasteiger partial charge on any atom is -0.508 e. The van der Waals surface area contributed by atoms with E-state index in [-0.39, 0.29) is 6.04 Å². The first-order valence-electron chi connectivity index (χ1n) is 7.03. The Morgan fingerprint density at radius 2 is 1.58 bits per heavy atom. The second kappa shape index (κ2) is 7.16. The lowest BCUT2D eigenvalue weighted by molar-refractivity contribution is 0.165. The van der Waals surface area contributed by atoms with Crippen LogP contribution in [-0.2, 0) is 0 Å². The highest BCUT2D eigenvalue weighted by atomic mass is 35.5. The van der Waals surface area contributed by atoms with Crippen LogP contribution in [0.1, 0.15) is 46.2 Å². The number of aromatic hydroxyl groups is 1. The molecule has 108 valence electrons. The van der Waals surface area contributed by atoms with Crippen molar-refractivity contribution in [3.8, 4) is 5.75 Å². The molecule has 0 radical (unpaired) electrons. The molecule has 0 bridgehead atoms. The molecule has 0 saturated heterocycles. The molecule has 0 aromatic heterocycles. The third-order valence-electron chi connectivity index (χ3n) is 3.19. The zero-order valence-corrected chi connectivity index (χ0v) is 13.4. The van der Waals surface area contributed by atoms with Crippen molar-refractivity contribution in [2.24, 2.45) is 11.8 Å². The van der Waals surface area contributed by atoms with Crippen LogP contribution in [-0.4, -0.2) is 23.1 Å². The van der Waals surface area contributed by atoms with Crippen LogP contribution in [0.2, 0.25) is 5.02 Å². The Labute approximate surface area is 122 Å². The van der Waals surface area contributed by atoms with Gasteiger partial charge in [0.2, 0.25) is 0 Å². The summed E-state index contributed by atoms with van der Waals surface area (Å²) in [6.45, 7) is 13.1. The Bertz CT molecular complexity index is 394. The SMILES string of the molecule is CC(C)CN(CC(C)C)C(C)c1cc(Cl)ccc1O. The van der Waals surface area contributed by atoms with E-state index in [1.165, 1.54) is 0 Å². The minimum absolute atomic E-state index is 0.170. The van der Waals surface area contributed by atoms with Gasteiger partial charge in [-0.25, -0.2) is 0 Å². The van der Waals surface area contributed by atoms with E-state index in [0.717, 1.165) is 18.7 Å². The van der Waals surface area contributed by atoms with E-state index in [1.807, 2.05) is 6.07 Å². The van der Waals surface area contributed by atoms with E-state index in [1.54, 1.807) is 12.1 Å². The maximum Gasteiger partial charge on any atom is 0.120 e. The molecule has 0 amide bonds. The summed E-state index contributed by atoms with van der Waals surface area (Å²) in [4.78, 5) is 2.42.